The van der Waals surface area contributed by atoms with Crippen LogP contribution in [0.25, 0.3) is 253 Å². The Morgan fingerprint density at radius 1 is 0.137 bits per heavy atom. The van der Waals surface area contributed by atoms with Gasteiger partial charge in [0.05, 0.1) is 71.9 Å². The molecule has 6 heterocycles. The number of nitrogens with zero attached hydrogens (tertiary/aromatic N) is 6. The lowest BCUT2D eigenvalue weighted by Crippen LogP contribution is -2.15. The maximum Gasteiger partial charge on any atom is 0.0547 e. The molecule has 139 heavy (non-hydrogen) atoms. The molecule has 0 fully saturated rings. The summed E-state index contributed by atoms with van der Waals surface area (Å²) in [7, 11) is 0. The molecule has 0 atom stereocenters. The van der Waals surface area contributed by atoms with Crippen LogP contribution in [0.3, 0.4) is 0 Å². The first-order valence-electron chi connectivity index (χ1n) is 48.2. The van der Waals surface area contributed by atoms with Crippen molar-refractivity contribution in [2.45, 2.75) is 19.3 Å². The van der Waals surface area contributed by atoms with E-state index in [0.717, 1.165) is 0 Å². The zero-order valence-electron chi connectivity index (χ0n) is 76.5. The van der Waals surface area contributed by atoms with Gasteiger partial charge in [0.25, 0.3) is 0 Å². The van der Waals surface area contributed by atoms with Crippen LogP contribution in [0, 0.1) is 0 Å². The van der Waals surface area contributed by atoms with Gasteiger partial charge in [-0.15, -0.1) is 0 Å². The van der Waals surface area contributed by atoms with Crippen LogP contribution in [-0.4, -0.2) is 27.4 Å². The molecule has 30 rings (SSSR count). The minimum absolute atomic E-state index is 0.0469. The first kappa shape index (κ1) is 79.5. The lowest BCUT2D eigenvalue weighted by molar-refractivity contribution is 0.660. The number of benzene rings is 23. The van der Waals surface area contributed by atoms with E-state index in [2.05, 4.69) is 539 Å². The summed E-state index contributed by atoms with van der Waals surface area (Å²) in [5.41, 5.74) is 34.5. The van der Waals surface area contributed by atoms with Crippen molar-refractivity contribution >= 4 is 174 Å². The minimum Gasteiger partial charge on any atom is -0.309 e. The average molecular weight is 1770 g/mol. The summed E-state index contributed by atoms with van der Waals surface area (Å²) in [5.74, 6) is 0. The van der Waals surface area contributed by atoms with Crippen molar-refractivity contribution < 1.29 is 0 Å². The smallest absolute Gasteiger partial charge is 0.0547 e. The van der Waals surface area contributed by atoms with Crippen LogP contribution in [0.2, 0.25) is 0 Å². The molecule has 0 bridgehead atoms. The average Bonchev–Trinajstić information content (AvgIpc) is 1.57. The van der Waals surface area contributed by atoms with E-state index in [1.54, 1.807) is 0 Å². The third-order valence-corrected chi connectivity index (χ3v) is 29.9. The fraction of sp³-hybridized carbons (Fsp3) is 0.0226. The Labute approximate surface area is 802 Å². The van der Waals surface area contributed by atoms with Gasteiger partial charge >= 0.3 is 0 Å². The van der Waals surface area contributed by atoms with Gasteiger partial charge in [0.15, 0.2) is 0 Å². The number of fused-ring (bicyclic) bond motifs is 27. The maximum absolute atomic E-state index is 2.46. The fourth-order valence-corrected chi connectivity index (χ4v) is 23.5. The van der Waals surface area contributed by atoms with Gasteiger partial charge in [-0.3, -0.25) is 0 Å². The predicted molar refractivity (Wildman–Crippen MR) is 589 cm³/mol. The molecule has 1 aliphatic rings. The largest absolute Gasteiger partial charge is 0.309 e. The van der Waals surface area contributed by atoms with Crippen molar-refractivity contribution in [3.05, 3.63) is 509 Å². The molecule has 0 radical (unpaired) electrons. The molecule has 1 aliphatic carbocycles. The number of hydrogen-bond acceptors (Lipinski definition) is 0. The standard InChI is InChI=1S/C45H32N2.2C44H28N2/c1-45(2)39-17-9-6-14-33(39)34-24-22-32(28-40(34)45)47-42-19-11-8-16-36(42)38-26-29(21-25-43(38)47)30-20-23-37-35-15-7-10-18-41(35)46(44(37)27-30)31-12-4-3-5-13-31;1-2-11-33(12-3-1)45-41-16-8-6-14-37(41)39-23-20-31(28-44(39)45)30-21-25-43-40(27-30)38-15-7-9-17-42(38)46(43)34-22-24-36-32(26-34)19-18-29-10-4-5-13-35(29)36;1-2-13-32(14-3-1)45-40-20-10-8-18-36(40)38-24-22-30(27-43(38)45)29-23-25-42-39(26-29)37-19-9-11-21-41(37)46(42)44-28-31-12-4-5-15-33(31)34-16-6-7-17-35(34)44/h3-28H,1-2H3;2*1-28H. The van der Waals surface area contributed by atoms with Gasteiger partial charge in [-0.25, -0.2) is 0 Å². The molecule has 0 unspecified atom stereocenters. The zero-order chi connectivity index (χ0) is 91.7. The second-order valence-electron chi connectivity index (χ2n) is 37.8. The monoisotopic (exact) mass is 1770 g/mol. The Morgan fingerprint density at radius 3 is 0.863 bits per heavy atom. The summed E-state index contributed by atoms with van der Waals surface area (Å²) in [5, 5.41) is 25.4. The van der Waals surface area contributed by atoms with E-state index >= 15 is 0 Å². The van der Waals surface area contributed by atoms with Gasteiger partial charge in [-0.05, 0) is 251 Å². The molecule has 6 nitrogen and oxygen atoms in total. The molecule has 6 aromatic heterocycles. The van der Waals surface area contributed by atoms with E-state index in [0.29, 0.717) is 0 Å². The van der Waals surface area contributed by atoms with Crippen LogP contribution in [0.5, 0.6) is 0 Å². The normalized spacial score (nSPS) is 12.4. The predicted octanol–water partition coefficient (Wildman–Crippen LogP) is 35.6. The SMILES string of the molecule is CC1(C)c2ccccc2-c2ccc(-n3c4ccccc4c4cc(-c5ccc6c7ccccc7n(-c7ccccc7)c6c5)ccc43)cc21.c1ccc(-n2c3ccccc3c3ccc(-c4ccc5c(c4)c4ccccc4n5-c4cc5ccccc5c5ccccc45)cc32)cc1.c1ccc(-n2c3ccccc3c3ccc(-c4ccc5c(c4)c4ccccc4n5-c4ccc5c(ccc6ccccc65)c4)cc32)cc1. The Balaban J connectivity index is 0.000000103. The summed E-state index contributed by atoms with van der Waals surface area (Å²) in [6.45, 7) is 4.71. The highest BCUT2D eigenvalue weighted by molar-refractivity contribution is 6.20. The third kappa shape index (κ3) is 12.5. The molecular formula is C133H88N6. The third-order valence-electron chi connectivity index (χ3n) is 29.9. The summed E-state index contributed by atoms with van der Waals surface area (Å²) in [6, 6.07) is 182. The van der Waals surface area contributed by atoms with E-state index in [4.69, 9.17) is 0 Å². The Bertz CT molecular complexity index is 10100. The van der Waals surface area contributed by atoms with Gasteiger partial charge in [0.2, 0.25) is 0 Å². The lowest BCUT2D eigenvalue weighted by atomic mass is 9.82. The number of para-hydroxylation sites is 9. The van der Waals surface area contributed by atoms with Gasteiger partial charge < -0.3 is 27.4 Å². The molecular weight excluding hydrogens is 1680 g/mol. The summed E-state index contributed by atoms with van der Waals surface area (Å²) in [4.78, 5) is 0. The van der Waals surface area contributed by atoms with Crippen LogP contribution in [-0.2, 0) is 5.41 Å². The summed E-state index contributed by atoms with van der Waals surface area (Å²) >= 11 is 0. The fourth-order valence-electron chi connectivity index (χ4n) is 23.5. The topological polar surface area (TPSA) is 29.6 Å². The van der Waals surface area contributed by atoms with E-state index in [1.807, 2.05) is 0 Å². The van der Waals surface area contributed by atoms with E-state index in [-0.39, 0.29) is 5.41 Å². The van der Waals surface area contributed by atoms with Crippen LogP contribution >= 0.6 is 0 Å². The lowest BCUT2D eigenvalue weighted by Gasteiger charge is -2.22. The second kappa shape index (κ2) is 31.5. The summed E-state index contributed by atoms with van der Waals surface area (Å²) in [6.07, 6.45) is 0. The maximum atomic E-state index is 2.46. The number of aromatic nitrogens is 6. The summed E-state index contributed by atoms with van der Waals surface area (Å²) < 4.78 is 14.5. The van der Waals surface area contributed by atoms with Crippen LogP contribution < -0.4 is 0 Å². The molecule has 0 amide bonds. The quantitative estimate of drug-likeness (QED) is 0.129. The van der Waals surface area contributed by atoms with Gasteiger partial charge in [-0.2, -0.15) is 0 Å². The van der Waals surface area contributed by atoms with Gasteiger partial charge in [0.1, 0.15) is 0 Å². The molecule has 6 heteroatoms. The number of hydrogen-bond donors (Lipinski definition) is 0. The first-order chi connectivity index (χ1) is 68.7. The minimum atomic E-state index is -0.0469. The van der Waals surface area contributed by atoms with Crippen molar-refractivity contribution in [1.29, 1.82) is 0 Å². The van der Waals surface area contributed by atoms with Crippen molar-refractivity contribution in [1.82, 2.24) is 27.4 Å². The van der Waals surface area contributed by atoms with E-state index in [9.17, 15) is 0 Å². The van der Waals surface area contributed by atoms with Crippen molar-refractivity contribution in [2.75, 3.05) is 0 Å². The Hall–Kier alpha value is -18.1. The molecule has 0 spiro atoms. The van der Waals surface area contributed by atoms with Crippen LogP contribution in [0.15, 0.2) is 497 Å². The van der Waals surface area contributed by atoms with Gasteiger partial charge in [0, 0.05) is 104 Å². The highest BCUT2D eigenvalue weighted by Crippen LogP contribution is 2.51. The molecule has 23 aromatic carbocycles. The van der Waals surface area contributed by atoms with E-state index in [1.165, 1.54) is 264 Å². The molecule has 0 saturated heterocycles. The van der Waals surface area contributed by atoms with Crippen molar-refractivity contribution in [3.63, 3.8) is 0 Å². The Kier molecular flexibility index (Phi) is 18.0. The van der Waals surface area contributed by atoms with Crippen molar-refractivity contribution in [3.8, 4) is 78.6 Å². The molecule has 29 aromatic rings. The molecule has 650 valence electrons. The molecule has 0 aliphatic heterocycles. The Morgan fingerprint density at radius 2 is 0.410 bits per heavy atom. The van der Waals surface area contributed by atoms with Crippen LogP contribution in [0.4, 0.5) is 0 Å². The highest BCUT2D eigenvalue weighted by atomic mass is 15.0. The van der Waals surface area contributed by atoms with Crippen LogP contribution in [0.1, 0.15) is 25.0 Å². The van der Waals surface area contributed by atoms with Crippen molar-refractivity contribution in [2.24, 2.45) is 0 Å². The molecule has 0 N–H and O–H groups in total. The molecule has 0 saturated carbocycles. The first-order valence-corrected chi connectivity index (χ1v) is 48.2. The highest BCUT2D eigenvalue weighted by Gasteiger charge is 2.36. The van der Waals surface area contributed by atoms with Gasteiger partial charge in [-0.1, -0.05) is 354 Å². The second-order valence-corrected chi connectivity index (χ2v) is 37.8. The van der Waals surface area contributed by atoms with E-state index < -0.39 is 0 Å². The number of rotatable bonds is 9. The zero-order valence-corrected chi connectivity index (χ0v) is 76.5.